The maximum Gasteiger partial charge on any atom is 0.173 e. The van der Waals surface area contributed by atoms with Crippen molar-refractivity contribution in [1.82, 2.24) is 4.90 Å². The van der Waals surface area contributed by atoms with E-state index in [0.717, 1.165) is 24.6 Å². The molecule has 0 bridgehead atoms. The first-order valence-corrected chi connectivity index (χ1v) is 7.27. The van der Waals surface area contributed by atoms with E-state index in [2.05, 4.69) is 42.3 Å². The molecule has 18 heavy (non-hydrogen) atoms. The predicted octanol–water partition coefficient (Wildman–Crippen LogP) is 3.74. The molecule has 0 unspecified atom stereocenters. The van der Waals surface area contributed by atoms with Crippen LogP contribution >= 0.6 is 12.2 Å². The normalized spacial score (nSPS) is 15.6. The Morgan fingerprint density at radius 3 is 2.67 bits per heavy atom. The van der Waals surface area contributed by atoms with Gasteiger partial charge in [0.1, 0.15) is 0 Å². The zero-order valence-electron chi connectivity index (χ0n) is 11.3. The van der Waals surface area contributed by atoms with Crippen molar-refractivity contribution in [2.24, 2.45) is 0 Å². The Balaban J connectivity index is 2.10. The van der Waals surface area contributed by atoms with Crippen molar-refractivity contribution >= 4 is 23.0 Å². The summed E-state index contributed by atoms with van der Waals surface area (Å²) < 4.78 is 0. The van der Waals surface area contributed by atoms with E-state index in [1.807, 2.05) is 0 Å². The summed E-state index contributed by atoms with van der Waals surface area (Å²) in [6.07, 6.45) is 4.89. The van der Waals surface area contributed by atoms with Crippen LogP contribution < -0.4 is 5.32 Å². The maximum absolute atomic E-state index is 5.54. The summed E-state index contributed by atoms with van der Waals surface area (Å²) in [5.41, 5.74) is 3.82. The van der Waals surface area contributed by atoms with Crippen molar-refractivity contribution in [3.8, 4) is 0 Å². The standard InChI is InChI=1S/C15H22N2S/c1-3-13-9-7-8-12(2)14(13)16-15(18)17-10-5-4-6-11-17/h7-9H,3-6,10-11H2,1-2H3,(H,16,18). The van der Waals surface area contributed by atoms with E-state index >= 15 is 0 Å². The molecule has 1 aromatic carbocycles. The van der Waals surface area contributed by atoms with Gasteiger partial charge in [-0.2, -0.15) is 0 Å². The number of rotatable bonds is 2. The maximum atomic E-state index is 5.54. The Kier molecular flexibility index (Phi) is 4.59. The molecule has 1 aliphatic rings. The van der Waals surface area contributed by atoms with Gasteiger partial charge >= 0.3 is 0 Å². The fraction of sp³-hybridized carbons (Fsp3) is 0.533. The molecule has 1 aliphatic heterocycles. The van der Waals surface area contributed by atoms with Crippen LogP contribution in [0, 0.1) is 6.92 Å². The van der Waals surface area contributed by atoms with Gasteiger partial charge < -0.3 is 10.2 Å². The van der Waals surface area contributed by atoms with Gasteiger partial charge in [-0.05, 0) is 56.0 Å². The minimum Gasteiger partial charge on any atom is -0.349 e. The number of benzene rings is 1. The molecule has 1 saturated heterocycles. The summed E-state index contributed by atoms with van der Waals surface area (Å²) in [5.74, 6) is 0. The number of hydrogen-bond acceptors (Lipinski definition) is 1. The molecule has 0 amide bonds. The van der Waals surface area contributed by atoms with Crippen LogP contribution in [-0.4, -0.2) is 23.1 Å². The van der Waals surface area contributed by atoms with E-state index in [1.165, 1.54) is 36.1 Å². The number of hydrogen-bond donors (Lipinski definition) is 1. The highest BCUT2D eigenvalue weighted by Gasteiger charge is 2.14. The minimum atomic E-state index is 0.888. The number of nitrogens with zero attached hydrogens (tertiary/aromatic N) is 1. The number of nitrogens with one attached hydrogen (secondary N) is 1. The third-order valence-corrected chi connectivity index (χ3v) is 3.98. The van der Waals surface area contributed by atoms with E-state index in [0.29, 0.717) is 0 Å². The zero-order valence-corrected chi connectivity index (χ0v) is 12.1. The summed E-state index contributed by atoms with van der Waals surface area (Å²) in [7, 11) is 0. The lowest BCUT2D eigenvalue weighted by molar-refractivity contribution is 0.346. The van der Waals surface area contributed by atoms with Gasteiger partial charge in [0, 0.05) is 18.8 Å². The molecule has 3 heteroatoms. The Hall–Kier alpha value is -1.09. The number of para-hydroxylation sites is 1. The molecule has 1 aromatic rings. The van der Waals surface area contributed by atoms with Crippen LogP contribution in [0.4, 0.5) is 5.69 Å². The third kappa shape index (κ3) is 3.02. The van der Waals surface area contributed by atoms with E-state index < -0.39 is 0 Å². The molecule has 0 spiro atoms. The minimum absolute atomic E-state index is 0.888. The number of aryl methyl sites for hydroxylation is 2. The van der Waals surface area contributed by atoms with Crippen LogP contribution in [-0.2, 0) is 6.42 Å². The van der Waals surface area contributed by atoms with Gasteiger partial charge in [-0.15, -0.1) is 0 Å². The molecule has 1 N–H and O–H groups in total. The molecule has 0 atom stereocenters. The van der Waals surface area contributed by atoms with Gasteiger partial charge in [0.25, 0.3) is 0 Å². The largest absolute Gasteiger partial charge is 0.349 e. The number of anilines is 1. The van der Waals surface area contributed by atoms with Crippen molar-refractivity contribution < 1.29 is 0 Å². The Labute approximate surface area is 115 Å². The van der Waals surface area contributed by atoms with E-state index in [-0.39, 0.29) is 0 Å². The first-order valence-electron chi connectivity index (χ1n) is 6.86. The second-order valence-electron chi connectivity index (χ2n) is 4.94. The molecule has 2 nitrogen and oxygen atoms in total. The lowest BCUT2D eigenvalue weighted by atomic mass is 10.1. The SMILES string of the molecule is CCc1cccc(C)c1NC(=S)N1CCCCC1. The molecule has 0 radical (unpaired) electrons. The van der Waals surface area contributed by atoms with E-state index in [9.17, 15) is 0 Å². The molecular formula is C15H22N2S. The van der Waals surface area contributed by atoms with Gasteiger partial charge in [-0.3, -0.25) is 0 Å². The van der Waals surface area contributed by atoms with Gasteiger partial charge in [0.15, 0.2) is 5.11 Å². The zero-order chi connectivity index (χ0) is 13.0. The molecule has 1 fully saturated rings. The topological polar surface area (TPSA) is 15.3 Å². The number of piperidine rings is 1. The van der Waals surface area contributed by atoms with E-state index in [4.69, 9.17) is 12.2 Å². The molecule has 0 aromatic heterocycles. The van der Waals surface area contributed by atoms with Crippen LogP contribution in [0.15, 0.2) is 18.2 Å². The van der Waals surface area contributed by atoms with Gasteiger partial charge in [0.05, 0.1) is 0 Å². The first kappa shape index (κ1) is 13.3. The van der Waals surface area contributed by atoms with Crippen molar-refractivity contribution in [2.75, 3.05) is 18.4 Å². The molecule has 0 saturated carbocycles. The number of thiocarbonyl (C=S) groups is 1. The van der Waals surface area contributed by atoms with Crippen LogP contribution in [0.5, 0.6) is 0 Å². The molecule has 98 valence electrons. The summed E-state index contributed by atoms with van der Waals surface area (Å²) in [5, 5.41) is 4.34. The van der Waals surface area contributed by atoms with Gasteiger partial charge in [0.2, 0.25) is 0 Å². The lowest BCUT2D eigenvalue weighted by Gasteiger charge is -2.30. The Morgan fingerprint density at radius 1 is 1.28 bits per heavy atom. The monoisotopic (exact) mass is 262 g/mol. The first-order chi connectivity index (χ1) is 8.72. The van der Waals surface area contributed by atoms with Crippen molar-refractivity contribution in [2.45, 2.75) is 39.5 Å². The van der Waals surface area contributed by atoms with Crippen LogP contribution in [0.2, 0.25) is 0 Å². The van der Waals surface area contributed by atoms with Crippen molar-refractivity contribution in [3.63, 3.8) is 0 Å². The third-order valence-electron chi connectivity index (χ3n) is 3.62. The highest BCUT2D eigenvalue weighted by Crippen LogP contribution is 2.22. The van der Waals surface area contributed by atoms with Crippen molar-refractivity contribution in [3.05, 3.63) is 29.3 Å². The molecular weight excluding hydrogens is 240 g/mol. The van der Waals surface area contributed by atoms with Crippen LogP contribution in [0.1, 0.15) is 37.3 Å². The Morgan fingerprint density at radius 2 is 2.00 bits per heavy atom. The molecule has 1 heterocycles. The van der Waals surface area contributed by atoms with Crippen LogP contribution in [0.3, 0.4) is 0 Å². The smallest absolute Gasteiger partial charge is 0.173 e. The average Bonchev–Trinajstić information content (AvgIpc) is 2.42. The number of likely N-dealkylation sites (tertiary alicyclic amines) is 1. The summed E-state index contributed by atoms with van der Waals surface area (Å²) >= 11 is 5.54. The highest BCUT2D eigenvalue weighted by molar-refractivity contribution is 7.80. The fourth-order valence-electron chi connectivity index (χ4n) is 2.49. The lowest BCUT2D eigenvalue weighted by Crippen LogP contribution is -2.38. The molecule has 2 rings (SSSR count). The summed E-state index contributed by atoms with van der Waals surface area (Å²) in [6.45, 7) is 6.52. The second kappa shape index (κ2) is 6.19. The van der Waals surface area contributed by atoms with Crippen molar-refractivity contribution in [1.29, 1.82) is 0 Å². The van der Waals surface area contributed by atoms with E-state index in [1.54, 1.807) is 0 Å². The average molecular weight is 262 g/mol. The van der Waals surface area contributed by atoms with Gasteiger partial charge in [-0.25, -0.2) is 0 Å². The quantitative estimate of drug-likeness (QED) is 0.817. The fourth-order valence-corrected chi connectivity index (χ4v) is 2.77. The highest BCUT2D eigenvalue weighted by atomic mass is 32.1. The Bertz CT molecular complexity index is 423. The van der Waals surface area contributed by atoms with Gasteiger partial charge in [-0.1, -0.05) is 25.1 Å². The second-order valence-corrected chi connectivity index (χ2v) is 5.33. The predicted molar refractivity (Wildman–Crippen MR) is 82.2 cm³/mol. The summed E-state index contributed by atoms with van der Waals surface area (Å²) in [6, 6.07) is 6.43. The summed E-state index contributed by atoms with van der Waals surface area (Å²) in [4.78, 5) is 2.30. The van der Waals surface area contributed by atoms with Crippen LogP contribution in [0.25, 0.3) is 0 Å². The molecule has 0 aliphatic carbocycles.